The molecule has 0 aliphatic carbocycles. The van der Waals surface area contributed by atoms with Crippen molar-refractivity contribution in [2.75, 3.05) is 13.7 Å². The maximum absolute atomic E-state index is 14.0. The van der Waals surface area contributed by atoms with Crippen molar-refractivity contribution in [1.29, 1.82) is 0 Å². The highest BCUT2D eigenvalue weighted by molar-refractivity contribution is 5.79. The van der Waals surface area contributed by atoms with Crippen molar-refractivity contribution in [1.82, 2.24) is 19.7 Å². The van der Waals surface area contributed by atoms with Crippen molar-refractivity contribution in [3.8, 4) is 5.88 Å². The molecule has 9 heteroatoms. The van der Waals surface area contributed by atoms with Crippen LogP contribution in [0.5, 0.6) is 5.88 Å². The van der Waals surface area contributed by atoms with Crippen molar-refractivity contribution >= 4 is 11.0 Å². The number of nitrogens with zero attached hydrogens (tertiary/aromatic N) is 4. The average Bonchev–Trinajstić information content (AvgIpc) is 3.01. The molecule has 0 amide bonds. The van der Waals surface area contributed by atoms with Gasteiger partial charge in [-0.2, -0.15) is 0 Å². The standard InChI is InChI=1S/C11H13FN4O4/c1-19-10-5-2-16(15-9(5)13-4-14-10)11-7(12)8(18)6(3-17)20-11/h2,4,6-8,11,17-18H,3H2,1H3/t6-,7+,8-,11-/m1/s1. The van der Waals surface area contributed by atoms with Crippen molar-refractivity contribution < 1.29 is 24.1 Å². The number of alkyl halides is 1. The Morgan fingerprint density at radius 1 is 1.50 bits per heavy atom. The van der Waals surface area contributed by atoms with Crippen LogP contribution in [-0.4, -0.2) is 62.1 Å². The molecule has 0 bridgehead atoms. The van der Waals surface area contributed by atoms with Crippen LogP contribution in [0.2, 0.25) is 0 Å². The minimum atomic E-state index is -1.69. The van der Waals surface area contributed by atoms with Gasteiger partial charge in [0.05, 0.1) is 13.7 Å². The van der Waals surface area contributed by atoms with E-state index in [0.29, 0.717) is 16.9 Å². The summed E-state index contributed by atoms with van der Waals surface area (Å²) in [6.45, 7) is -0.470. The van der Waals surface area contributed by atoms with Gasteiger partial charge in [-0.05, 0) is 0 Å². The van der Waals surface area contributed by atoms with E-state index in [9.17, 15) is 9.50 Å². The molecule has 1 saturated heterocycles. The summed E-state index contributed by atoms with van der Waals surface area (Å²) < 4.78 is 25.5. The third kappa shape index (κ3) is 1.90. The van der Waals surface area contributed by atoms with Crippen LogP contribution >= 0.6 is 0 Å². The van der Waals surface area contributed by atoms with E-state index in [2.05, 4.69) is 15.1 Å². The number of aromatic nitrogens is 4. The molecule has 1 aliphatic rings. The van der Waals surface area contributed by atoms with Gasteiger partial charge in [0.25, 0.3) is 0 Å². The van der Waals surface area contributed by atoms with Crippen molar-refractivity contribution in [3.63, 3.8) is 0 Å². The van der Waals surface area contributed by atoms with Gasteiger partial charge in [0, 0.05) is 6.20 Å². The summed E-state index contributed by atoms with van der Waals surface area (Å²) in [5, 5.41) is 23.2. The zero-order valence-corrected chi connectivity index (χ0v) is 10.5. The molecular weight excluding hydrogens is 271 g/mol. The number of aliphatic hydroxyl groups is 2. The van der Waals surface area contributed by atoms with Gasteiger partial charge in [0.1, 0.15) is 23.9 Å². The first-order valence-corrected chi connectivity index (χ1v) is 5.98. The number of halogens is 1. The summed E-state index contributed by atoms with van der Waals surface area (Å²) in [5.74, 6) is 0.314. The number of aliphatic hydroxyl groups excluding tert-OH is 2. The first-order chi connectivity index (χ1) is 9.65. The highest BCUT2D eigenvalue weighted by Crippen LogP contribution is 2.32. The van der Waals surface area contributed by atoms with Crippen LogP contribution in [0.3, 0.4) is 0 Å². The van der Waals surface area contributed by atoms with Crippen LogP contribution in [-0.2, 0) is 4.74 Å². The summed E-state index contributed by atoms with van der Waals surface area (Å²) in [4.78, 5) is 7.87. The molecule has 1 fully saturated rings. The van der Waals surface area contributed by atoms with Crippen molar-refractivity contribution in [3.05, 3.63) is 12.5 Å². The topological polar surface area (TPSA) is 103 Å². The molecule has 20 heavy (non-hydrogen) atoms. The van der Waals surface area contributed by atoms with Crippen LogP contribution < -0.4 is 4.74 Å². The number of ether oxygens (including phenoxy) is 2. The van der Waals surface area contributed by atoms with E-state index in [1.807, 2.05) is 0 Å². The predicted molar refractivity (Wildman–Crippen MR) is 63.8 cm³/mol. The number of fused-ring (bicyclic) bond motifs is 1. The highest BCUT2D eigenvalue weighted by atomic mass is 19.1. The lowest BCUT2D eigenvalue weighted by molar-refractivity contribution is -0.0519. The molecule has 108 valence electrons. The van der Waals surface area contributed by atoms with Crippen molar-refractivity contribution in [2.45, 2.75) is 24.6 Å². The monoisotopic (exact) mass is 284 g/mol. The van der Waals surface area contributed by atoms with E-state index in [0.717, 1.165) is 0 Å². The zero-order valence-electron chi connectivity index (χ0n) is 10.5. The minimum absolute atomic E-state index is 0.314. The minimum Gasteiger partial charge on any atom is -0.480 e. The molecule has 2 N–H and O–H groups in total. The number of hydrogen-bond donors (Lipinski definition) is 2. The first kappa shape index (κ1) is 13.2. The molecule has 0 saturated carbocycles. The zero-order chi connectivity index (χ0) is 14.3. The summed E-state index contributed by atoms with van der Waals surface area (Å²) >= 11 is 0. The second-order valence-corrected chi connectivity index (χ2v) is 4.41. The second-order valence-electron chi connectivity index (χ2n) is 4.41. The quantitative estimate of drug-likeness (QED) is 0.777. The Balaban J connectivity index is 1.99. The Labute approximate surface area is 112 Å². The van der Waals surface area contributed by atoms with Crippen molar-refractivity contribution in [2.24, 2.45) is 0 Å². The molecule has 3 heterocycles. The van der Waals surface area contributed by atoms with Gasteiger partial charge in [-0.25, -0.2) is 19.0 Å². The molecule has 0 unspecified atom stereocenters. The molecular formula is C11H13FN4O4. The molecule has 3 rings (SSSR count). The van der Waals surface area contributed by atoms with E-state index < -0.39 is 31.2 Å². The molecule has 0 spiro atoms. The molecule has 1 aliphatic heterocycles. The van der Waals surface area contributed by atoms with Crippen LogP contribution in [0, 0.1) is 0 Å². The second kappa shape index (κ2) is 4.93. The lowest BCUT2D eigenvalue weighted by Crippen LogP contribution is -2.30. The van der Waals surface area contributed by atoms with Crippen LogP contribution in [0.25, 0.3) is 11.0 Å². The Bertz CT molecular complexity index is 621. The van der Waals surface area contributed by atoms with E-state index >= 15 is 0 Å². The number of rotatable bonds is 3. The van der Waals surface area contributed by atoms with Crippen LogP contribution in [0.15, 0.2) is 12.5 Å². The third-order valence-corrected chi connectivity index (χ3v) is 3.23. The summed E-state index contributed by atoms with van der Waals surface area (Å²) in [5.41, 5.74) is 0.328. The Morgan fingerprint density at radius 3 is 2.95 bits per heavy atom. The lowest BCUT2D eigenvalue weighted by Gasteiger charge is -2.12. The SMILES string of the molecule is COc1ncnc2nn([C@@H]3O[C@H](CO)[C@@H](O)[C@@H]3F)cc12. The van der Waals surface area contributed by atoms with Gasteiger partial charge in [0.2, 0.25) is 5.88 Å². The Hall–Kier alpha value is -1.84. The molecule has 4 atom stereocenters. The van der Waals surface area contributed by atoms with Gasteiger partial charge < -0.3 is 19.7 Å². The summed E-state index contributed by atoms with van der Waals surface area (Å²) in [7, 11) is 1.45. The molecule has 0 radical (unpaired) electrons. The normalized spacial score (nSPS) is 30.0. The molecule has 0 aromatic carbocycles. The maximum Gasteiger partial charge on any atom is 0.227 e. The highest BCUT2D eigenvalue weighted by Gasteiger charge is 2.45. The molecule has 2 aromatic heterocycles. The van der Waals surface area contributed by atoms with Gasteiger partial charge in [0.15, 0.2) is 18.0 Å². The Morgan fingerprint density at radius 2 is 2.30 bits per heavy atom. The average molecular weight is 284 g/mol. The number of hydrogen-bond acceptors (Lipinski definition) is 7. The molecule has 2 aromatic rings. The van der Waals surface area contributed by atoms with Gasteiger partial charge >= 0.3 is 0 Å². The van der Waals surface area contributed by atoms with Gasteiger partial charge in [-0.1, -0.05) is 0 Å². The van der Waals surface area contributed by atoms with Crippen LogP contribution in [0.1, 0.15) is 6.23 Å². The van der Waals surface area contributed by atoms with Gasteiger partial charge in [-0.15, -0.1) is 5.10 Å². The van der Waals surface area contributed by atoms with E-state index in [1.165, 1.54) is 24.3 Å². The van der Waals surface area contributed by atoms with Gasteiger partial charge in [-0.3, -0.25) is 0 Å². The third-order valence-electron chi connectivity index (χ3n) is 3.23. The first-order valence-electron chi connectivity index (χ1n) is 5.98. The number of methoxy groups -OCH3 is 1. The van der Waals surface area contributed by atoms with E-state index in [4.69, 9.17) is 14.6 Å². The predicted octanol–water partition coefficient (Wildman–Crippen LogP) is -0.576. The largest absolute Gasteiger partial charge is 0.480 e. The smallest absolute Gasteiger partial charge is 0.227 e. The molecule has 8 nitrogen and oxygen atoms in total. The van der Waals surface area contributed by atoms with Crippen LogP contribution in [0.4, 0.5) is 4.39 Å². The fourth-order valence-corrected chi connectivity index (χ4v) is 2.19. The Kier molecular flexibility index (Phi) is 3.24. The lowest BCUT2D eigenvalue weighted by atomic mass is 10.1. The van der Waals surface area contributed by atoms with E-state index in [-0.39, 0.29) is 0 Å². The maximum atomic E-state index is 14.0. The fraction of sp³-hybridized carbons (Fsp3) is 0.545. The van der Waals surface area contributed by atoms with E-state index in [1.54, 1.807) is 0 Å². The fourth-order valence-electron chi connectivity index (χ4n) is 2.19. The summed E-state index contributed by atoms with van der Waals surface area (Å²) in [6.07, 6.45) is -2.42. The summed E-state index contributed by atoms with van der Waals surface area (Å²) in [6, 6.07) is 0.